The summed E-state index contributed by atoms with van der Waals surface area (Å²) in [4.78, 5) is 22.0. The van der Waals surface area contributed by atoms with Crippen molar-refractivity contribution < 1.29 is 19.4 Å². The van der Waals surface area contributed by atoms with E-state index in [-0.39, 0.29) is 12.3 Å². The maximum absolute atomic E-state index is 11.6. The molecule has 0 radical (unpaired) electrons. The van der Waals surface area contributed by atoms with Crippen molar-refractivity contribution in [1.29, 1.82) is 0 Å². The zero-order valence-corrected chi connectivity index (χ0v) is 14.1. The number of hydrogen-bond acceptors (Lipinski definition) is 3. The lowest BCUT2D eigenvalue weighted by Crippen LogP contribution is -2.24. The molecule has 5 heteroatoms. The van der Waals surface area contributed by atoms with Crippen LogP contribution >= 0.6 is 0 Å². The van der Waals surface area contributed by atoms with Gasteiger partial charge in [-0.2, -0.15) is 0 Å². The number of carbonyl (C=O) groups excluding carboxylic acids is 1. The predicted molar refractivity (Wildman–Crippen MR) is 89.8 cm³/mol. The topological polar surface area (TPSA) is 75.6 Å². The zero-order valence-electron chi connectivity index (χ0n) is 14.1. The van der Waals surface area contributed by atoms with Crippen LogP contribution in [0.5, 0.6) is 5.75 Å². The Kier molecular flexibility index (Phi) is 8.80. The fourth-order valence-corrected chi connectivity index (χ4v) is 2.27. The van der Waals surface area contributed by atoms with Gasteiger partial charge < -0.3 is 15.2 Å². The molecular formula is C18H27NO4. The molecule has 0 saturated heterocycles. The lowest BCUT2D eigenvalue weighted by Gasteiger charge is -2.10. The number of rotatable bonds is 11. The van der Waals surface area contributed by atoms with Gasteiger partial charge in [0, 0.05) is 19.4 Å². The first-order chi connectivity index (χ1) is 11.0. The average molecular weight is 321 g/mol. The van der Waals surface area contributed by atoms with Crippen LogP contribution in [0.1, 0.15) is 49.7 Å². The van der Waals surface area contributed by atoms with Gasteiger partial charge in [-0.05, 0) is 44.7 Å². The van der Waals surface area contributed by atoms with Crippen LogP contribution in [0.15, 0.2) is 18.2 Å². The number of aryl methyl sites for hydroxylation is 2. The minimum atomic E-state index is -0.766. The Bertz CT molecular complexity index is 514. The third-order valence-electron chi connectivity index (χ3n) is 3.53. The van der Waals surface area contributed by atoms with Crippen LogP contribution in [0, 0.1) is 13.8 Å². The standard InChI is InChI=1S/C18H27NO4/c1-14-9-10-16(15(2)13-14)23-12-6-7-17(20)19-11-5-3-4-8-18(21)22/h9-10,13H,3-8,11-12H2,1-2H3,(H,19,20)(H,21,22). The summed E-state index contributed by atoms with van der Waals surface area (Å²) in [6.45, 7) is 5.19. The van der Waals surface area contributed by atoms with Gasteiger partial charge in [0.05, 0.1) is 6.61 Å². The first-order valence-corrected chi connectivity index (χ1v) is 8.17. The fraction of sp³-hybridized carbons (Fsp3) is 0.556. The van der Waals surface area contributed by atoms with Crippen LogP contribution in [0.3, 0.4) is 0 Å². The van der Waals surface area contributed by atoms with Crippen molar-refractivity contribution in [1.82, 2.24) is 5.32 Å². The second-order valence-corrected chi connectivity index (χ2v) is 5.78. The maximum Gasteiger partial charge on any atom is 0.303 e. The second-order valence-electron chi connectivity index (χ2n) is 5.78. The summed E-state index contributed by atoms with van der Waals surface area (Å²) in [7, 11) is 0. The van der Waals surface area contributed by atoms with Crippen molar-refractivity contribution in [3.05, 3.63) is 29.3 Å². The minimum absolute atomic E-state index is 0.0208. The third kappa shape index (κ3) is 8.86. The molecule has 0 bridgehead atoms. The van der Waals surface area contributed by atoms with E-state index in [2.05, 4.69) is 11.4 Å². The van der Waals surface area contributed by atoms with E-state index in [1.54, 1.807) is 0 Å². The summed E-state index contributed by atoms with van der Waals surface area (Å²) in [5.74, 6) is 0.125. The van der Waals surface area contributed by atoms with Crippen molar-refractivity contribution in [3.8, 4) is 5.75 Å². The second kappa shape index (κ2) is 10.6. The molecular weight excluding hydrogens is 294 g/mol. The number of nitrogens with one attached hydrogen (secondary N) is 1. The number of carbonyl (C=O) groups is 2. The van der Waals surface area contributed by atoms with Gasteiger partial charge in [0.2, 0.25) is 5.91 Å². The fourth-order valence-electron chi connectivity index (χ4n) is 2.27. The molecule has 0 atom stereocenters. The van der Waals surface area contributed by atoms with Crippen molar-refractivity contribution in [2.24, 2.45) is 0 Å². The van der Waals surface area contributed by atoms with Crippen LogP contribution in [0.4, 0.5) is 0 Å². The minimum Gasteiger partial charge on any atom is -0.493 e. The molecule has 5 nitrogen and oxygen atoms in total. The monoisotopic (exact) mass is 321 g/mol. The molecule has 0 aromatic heterocycles. The Hall–Kier alpha value is -2.04. The molecule has 23 heavy (non-hydrogen) atoms. The van der Waals surface area contributed by atoms with Crippen LogP contribution in [-0.2, 0) is 9.59 Å². The molecule has 2 N–H and O–H groups in total. The van der Waals surface area contributed by atoms with E-state index >= 15 is 0 Å². The van der Waals surface area contributed by atoms with E-state index in [0.717, 1.165) is 24.2 Å². The first kappa shape index (κ1) is 19.0. The molecule has 0 spiro atoms. The number of aliphatic carboxylic acids is 1. The van der Waals surface area contributed by atoms with E-state index < -0.39 is 5.97 Å². The predicted octanol–water partition coefficient (Wildman–Crippen LogP) is 3.22. The summed E-state index contributed by atoms with van der Waals surface area (Å²) in [6.07, 6.45) is 3.62. The van der Waals surface area contributed by atoms with Gasteiger partial charge in [-0.15, -0.1) is 0 Å². The maximum atomic E-state index is 11.6. The normalized spacial score (nSPS) is 10.3. The SMILES string of the molecule is Cc1ccc(OCCCC(=O)NCCCCCC(=O)O)c(C)c1. The molecule has 0 heterocycles. The van der Waals surface area contributed by atoms with E-state index in [9.17, 15) is 9.59 Å². The Balaban J connectivity index is 2.04. The summed E-state index contributed by atoms with van der Waals surface area (Å²) < 4.78 is 5.69. The molecule has 0 saturated carbocycles. The van der Waals surface area contributed by atoms with Gasteiger partial charge in [0.15, 0.2) is 0 Å². The van der Waals surface area contributed by atoms with Gasteiger partial charge in [-0.3, -0.25) is 9.59 Å². The van der Waals surface area contributed by atoms with E-state index in [1.165, 1.54) is 5.56 Å². The highest BCUT2D eigenvalue weighted by Crippen LogP contribution is 2.18. The molecule has 0 aliphatic carbocycles. The quantitative estimate of drug-likeness (QED) is 0.614. The molecule has 0 aliphatic heterocycles. The van der Waals surface area contributed by atoms with E-state index in [4.69, 9.17) is 9.84 Å². The average Bonchev–Trinajstić information content (AvgIpc) is 2.48. The Morgan fingerprint density at radius 2 is 1.87 bits per heavy atom. The summed E-state index contributed by atoms with van der Waals surface area (Å²) in [6, 6.07) is 6.05. The van der Waals surface area contributed by atoms with Crippen LogP contribution in [-0.4, -0.2) is 30.1 Å². The number of amides is 1. The lowest BCUT2D eigenvalue weighted by atomic mass is 10.1. The first-order valence-electron chi connectivity index (χ1n) is 8.17. The van der Waals surface area contributed by atoms with E-state index in [0.29, 0.717) is 32.4 Å². The molecule has 128 valence electrons. The van der Waals surface area contributed by atoms with Crippen LogP contribution < -0.4 is 10.1 Å². The van der Waals surface area contributed by atoms with E-state index in [1.807, 2.05) is 26.0 Å². The van der Waals surface area contributed by atoms with Gasteiger partial charge >= 0.3 is 5.97 Å². The third-order valence-corrected chi connectivity index (χ3v) is 3.53. The number of carboxylic acid groups (broad SMARTS) is 1. The molecule has 0 fully saturated rings. The van der Waals surface area contributed by atoms with Crippen molar-refractivity contribution in [2.75, 3.05) is 13.2 Å². The number of hydrogen-bond donors (Lipinski definition) is 2. The summed E-state index contributed by atoms with van der Waals surface area (Å²) in [5, 5.41) is 11.4. The Labute approximate surface area is 138 Å². The zero-order chi connectivity index (χ0) is 17.1. The Morgan fingerprint density at radius 1 is 1.09 bits per heavy atom. The van der Waals surface area contributed by atoms with Crippen molar-refractivity contribution in [2.45, 2.75) is 52.4 Å². The molecule has 1 aromatic rings. The van der Waals surface area contributed by atoms with Crippen molar-refractivity contribution >= 4 is 11.9 Å². The molecule has 0 unspecified atom stereocenters. The highest BCUT2D eigenvalue weighted by molar-refractivity contribution is 5.75. The van der Waals surface area contributed by atoms with Gasteiger partial charge in [0.25, 0.3) is 0 Å². The molecule has 1 rings (SSSR count). The van der Waals surface area contributed by atoms with Crippen LogP contribution in [0.25, 0.3) is 0 Å². The number of unbranched alkanes of at least 4 members (excludes halogenated alkanes) is 2. The summed E-state index contributed by atoms with van der Waals surface area (Å²) >= 11 is 0. The molecule has 1 aromatic carbocycles. The van der Waals surface area contributed by atoms with Gasteiger partial charge in [-0.1, -0.05) is 24.1 Å². The van der Waals surface area contributed by atoms with Crippen molar-refractivity contribution in [3.63, 3.8) is 0 Å². The highest BCUT2D eigenvalue weighted by Gasteiger charge is 2.03. The molecule has 0 aliphatic rings. The smallest absolute Gasteiger partial charge is 0.303 e. The number of carboxylic acids is 1. The van der Waals surface area contributed by atoms with Gasteiger partial charge in [-0.25, -0.2) is 0 Å². The highest BCUT2D eigenvalue weighted by atomic mass is 16.5. The number of benzene rings is 1. The van der Waals surface area contributed by atoms with Crippen LogP contribution in [0.2, 0.25) is 0 Å². The lowest BCUT2D eigenvalue weighted by molar-refractivity contribution is -0.137. The molecule has 1 amide bonds. The number of ether oxygens (including phenoxy) is 1. The largest absolute Gasteiger partial charge is 0.493 e. The Morgan fingerprint density at radius 3 is 2.57 bits per heavy atom. The summed E-state index contributed by atoms with van der Waals surface area (Å²) in [5.41, 5.74) is 2.31. The van der Waals surface area contributed by atoms with Gasteiger partial charge in [0.1, 0.15) is 5.75 Å².